The number of rotatable bonds is 5. The predicted molar refractivity (Wildman–Crippen MR) is 98.5 cm³/mol. The van der Waals surface area contributed by atoms with Gasteiger partial charge in [-0.25, -0.2) is 4.98 Å². The molecule has 3 heterocycles. The summed E-state index contributed by atoms with van der Waals surface area (Å²) in [5, 5.41) is 4.49. The highest BCUT2D eigenvalue weighted by atomic mass is 32.1. The van der Waals surface area contributed by atoms with Gasteiger partial charge in [0.05, 0.1) is 10.2 Å². The van der Waals surface area contributed by atoms with Crippen molar-refractivity contribution >= 4 is 21.6 Å². The van der Waals surface area contributed by atoms with Gasteiger partial charge in [0.15, 0.2) is 5.13 Å². The van der Waals surface area contributed by atoms with Crippen LogP contribution in [-0.2, 0) is 13.1 Å². The van der Waals surface area contributed by atoms with Crippen LogP contribution in [0.15, 0.2) is 61.1 Å². The van der Waals surface area contributed by atoms with Crippen molar-refractivity contribution in [3.8, 4) is 5.13 Å². The van der Waals surface area contributed by atoms with Crippen molar-refractivity contribution in [3.63, 3.8) is 0 Å². The van der Waals surface area contributed by atoms with Gasteiger partial charge in [-0.3, -0.25) is 9.55 Å². The van der Waals surface area contributed by atoms with Crippen LogP contribution in [-0.4, -0.2) is 14.5 Å². The summed E-state index contributed by atoms with van der Waals surface area (Å²) >= 11 is 1.73. The van der Waals surface area contributed by atoms with Gasteiger partial charge < -0.3 is 5.32 Å². The third kappa shape index (κ3) is 3.09. The lowest BCUT2D eigenvalue weighted by atomic mass is 10.2. The third-order valence-electron chi connectivity index (χ3n) is 3.93. The van der Waals surface area contributed by atoms with Gasteiger partial charge in [0, 0.05) is 37.4 Å². The van der Waals surface area contributed by atoms with Crippen LogP contribution in [0.2, 0.25) is 0 Å². The third-order valence-corrected chi connectivity index (χ3v) is 4.95. The zero-order valence-electron chi connectivity index (χ0n) is 13.4. The number of fused-ring (bicyclic) bond motifs is 1. The second kappa shape index (κ2) is 6.55. The van der Waals surface area contributed by atoms with Crippen LogP contribution >= 0.6 is 11.3 Å². The molecule has 0 aliphatic heterocycles. The minimum Gasteiger partial charge on any atom is -0.307 e. The molecular weight excluding hydrogens is 316 g/mol. The van der Waals surface area contributed by atoms with E-state index in [1.165, 1.54) is 21.5 Å². The van der Waals surface area contributed by atoms with E-state index in [-0.39, 0.29) is 0 Å². The Hall–Kier alpha value is -2.50. The van der Waals surface area contributed by atoms with Crippen molar-refractivity contribution in [2.24, 2.45) is 0 Å². The minimum absolute atomic E-state index is 0.789. The van der Waals surface area contributed by atoms with E-state index in [0.29, 0.717) is 0 Å². The van der Waals surface area contributed by atoms with Crippen LogP contribution in [0.3, 0.4) is 0 Å². The van der Waals surface area contributed by atoms with E-state index in [0.717, 1.165) is 23.7 Å². The molecule has 0 saturated heterocycles. The predicted octanol–water partition coefficient (Wildman–Crippen LogP) is 4.08. The van der Waals surface area contributed by atoms with Gasteiger partial charge in [-0.05, 0) is 48.4 Å². The van der Waals surface area contributed by atoms with Crippen LogP contribution in [0.5, 0.6) is 0 Å². The first-order valence-corrected chi connectivity index (χ1v) is 8.75. The highest BCUT2D eigenvalue weighted by Crippen LogP contribution is 2.26. The number of hydrogen-bond acceptors (Lipinski definition) is 4. The summed E-state index contributed by atoms with van der Waals surface area (Å²) in [4.78, 5) is 8.91. The van der Waals surface area contributed by atoms with Gasteiger partial charge in [0.1, 0.15) is 0 Å². The first kappa shape index (κ1) is 15.1. The number of aryl methyl sites for hydroxylation is 1. The highest BCUT2D eigenvalue weighted by Gasteiger charge is 2.09. The van der Waals surface area contributed by atoms with Crippen molar-refractivity contribution in [1.82, 2.24) is 19.9 Å². The van der Waals surface area contributed by atoms with Crippen molar-refractivity contribution in [2.75, 3.05) is 0 Å². The van der Waals surface area contributed by atoms with E-state index in [1.807, 2.05) is 12.3 Å². The Morgan fingerprint density at radius 1 is 1.12 bits per heavy atom. The number of aromatic nitrogens is 3. The lowest BCUT2D eigenvalue weighted by Crippen LogP contribution is -2.15. The molecule has 0 saturated carbocycles. The minimum atomic E-state index is 0.789. The van der Waals surface area contributed by atoms with E-state index < -0.39 is 0 Å². The summed E-state index contributed by atoms with van der Waals surface area (Å²) in [7, 11) is 0. The Balaban J connectivity index is 1.53. The monoisotopic (exact) mass is 334 g/mol. The van der Waals surface area contributed by atoms with Crippen molar-refractivity contribution in [3.05, 3.63) is 77.9 Å². The largest absolute Gasteiger partial charge is 0.307 e. The lowest BCUT2D eigenvalue weighted by molar-refractivity contribution is 0.668. The molecule has 4 rings (SSSR count). The van der Waals surface area contributed by atoms with Crippen molar-refractivity contribution < 1.29 is 0 Å². The number of pyridine rings is 1. The van der Waals surface area contributed by atoms with Gasteiger partial charge in [0.25, 0.3) is 0 Å². The molecule has 1 N–H and O–H groups in total. The molecule has 0 aliphatic carbocycles. The maximum Gasteiger partial charge on any atom is 0.194 e. The molecule has 0 unspecified atom stereocenters. The molecule has 5 heteroatoms. The average Bonchev–Trinajstić information content (AvgIpc) is 3.21. The fraction of sp³-hybridized carbons (Fsp3) is 0.158. The average molecular weight is 334 g/mol. The number of benzene rings is 1. The van der Waals surface area contributed by atoms with Gasteiger partial charge in [0.2, 0.25) is 0 Å². The molecule has 0 spiro atoms. The number of nitrogens with zero attached hydrogens (tertiary/aromatic N) is 3. The maximum atomic E-state index is 4.77. The molecular formula is C19H18N4S. The fourth-order valence-corrected chi connectivity index (χ4v) is 3.79. The van der Waals surface area contributed by atoms with Crippen LogP contribution < -0.4 is 5.32 Å². The zero-order valence-corrected chi connectivity index (χ0v) is 14.3. The van der Waals surface area contributed by atoms with E-state index in [4.69, 9.17) is 4.98 Å². The van der Waals surface area contributed by atoms with Gasteiger partial charge in [-0.15, -0.1) is 0 Å². The summed E-state index contributed by atoms with van der Waals surface area (Å²) in [6.45, 7) is 3.71. The molecule has 120 valence electrons. The number of nitrogens with one attached hydrogen (secondary N) is 1. The Labute approximate surface area is 144 Å². The van der Waals surface area contributed by atoms with Crippen LogP contribution in [0.25, 0.3) is 15.3 Å². The summed E-state index contributed by atoms with van der Waals surface area (Å²) in [6.07, 6.45) is 5.76. The standard InChI is InChI=1S/C19H18N4S/c1-14-6-7-17-18(10-14)24-19(22-17)23-9-3-5-16(23)13-21-12-15-4-2-8-20-11-15/h2-11,21H,12-13H2,1H3. The normalized spacial score (nSPS) is 11.2. The van der Waals surface area contributed by atoms with Gasteiger partial charge >= 0.3 is 0 Å². The number of hydrogen-bond donors (Lipinski definition) is 1. The van der Waals surface area contributed by atoms with Gasteiger partial charge in [-0.2, -0.15) is 0 Å². The molecule has 0 bridgehead atoms. The molecule has 0 amide bonds. The van der Waals surface area contributed by atoms with E-state index in [9.17, 15) is 0 Å². The fourth-order valence-electron chi connectivity index (χ4n) is 2.71. The number of thiazole rings is 1. The Bertz CT molecular complexity index is 956. The van der Waals surface area contributed by atoms with E-state index >= 15 is 0 Å². The first-order valence-electron chi connectivity index (χ1n) is 7.93. The van der Waals surface area contributed by atoms with Crippen LogP contribution in [0, 0.1) is 6.92 Å². The van der Waals surface area contributed by atoms with E-state index in [1.54, 1.807) is 17.5 Å². The molecule has 3 aromatic heterocycles. The molecule has 0 aliphatic rings. The topological polar surface area (TPSA) is 42.7 Å². The maximum absolute atomic E-state index is 4.77. The second-order valence-electron chi connectivity index (χ2n) is 5.80. The molecule has 0 radical (unpaired) electrons. The SMILES string of the molecule is Cc1ccc2nc(-n3cccc3CNCc3cccnc3)sc2c1. The van der Waals surface area contributed by atoms with Crippen LogP contribution in [0.4, 0.5) is 0 Å². The smallest absolute Gasteiger partial charge is 0.194 e. The molecule has 24 heavy (non-hydrogen) atoms. The highest BCUT2D eigenvalue weighted by molar-refractivity contribution is 7.20. The molecule has 1 aromatic carbocycles. The summed E-state index contributed by atoms with van der Waals surface area (Å²) in [5.74, 6) is 0. The summed E-state index contributed by atoms with van der Waals surface area (Å²) in [6, 6.07) is 14.6. The van der Waals surface area contributed by atoms with Gasteiger partial charge in [-0.1, -0.05) is 23.5 Å². The second-order valence-corrected chi connectivity index (χ2v) is 6.81. The quantitative estimate of drug-likeness (QED) is 0.598. The molecule has 4 nitrogen and oxygen atoms in total. The van der Waals surface area contributed by atoms with Crippen LogP contribution in [0.1, 0.15) is 16.8 Å². The molecule has 0 fully saturated rings. The summed E-state index contributed by atoms with van der Waals surface area (Å²) < 4.78 is 3.39. The zero-order chi connectivity index (χ0) is 16.4. The Morgan fingerprint density at radius 2 is 2.08 bits per heavy atom. The molecule has 0 atom stereocenters. The molecule has 4 aromatic rings. The Morgan fingerprint density at radius 3 is 2.96 bits per heavy atom. The van der Waals surface area contributed by atoms with Crippen molar-refractivity contribution in [2.45, 2.75) is 20.0 Å². The Kier molecular flexibility index (Phi) is 4.11. The van der Waals surface area contributed by atoms with Crippen molar-refractivity contribution in [1.29, 1.82) is 0 Å². The van der Waals surface area contributed by atoms with E-state index in [2.05, 4.69) is 64.4 Å². The summed E-state index contributed by atoms with van der Waals surface area (Å²) in [5.41, 5.74) is 4.72. The lowest BCUT2D eigenvalue weighted by Gasteiger charge is -2.07. The first-order chi connectivity index (χ1) is 11.8.